The second-order valence-corrected chi connectivity index (χ2v) is 4.27. The van der Waals surface area contributed by atoms with Crippen LogP contribution in [0.15, 0.2) is 18.2 Å². The molecule has 0 aromatic heterocycles. The zero-order valence-electron chi connectivity index (χ0n) is 10.3. The number of rotatable bonds is 4. The largest absolute Gasteiger partial charge is 0.496 e. The van der Waals surface area contributed by atoms with Gasteiger partial charge in [0.05, 0.1) is 7.11 Å². The number of methoxy groups -OCH3 is 1. The summed E-state index contributed by atoms with van der Waals surface area (Å²) in [6.45, 7) is 8.57. The van der Waals surface area contributed by atoms with Gasteiger partial charge in [-0.3, -0.25) is 0 Å². The molecule has 1 aromatic carbocycles. The normalized spacial score (nSPS) is 12.9. The van der Waals surface area contributed by atoms with Crippen molar-refractivity contribution in [2.75, 3.05) is 7.11 Å². The maximum absolute atomic E-state index is 5.24. The van der Waals surface area contributed by atoms with Crippen molar-refractivity contribution >= 4 is 0 Å². The maximum atomic E-state index is 5.24. The number of ether oxygens (including phenoxy) is 1. The van der Waals surface area contributed by atoms with Crippen molar-refractivity contribution in [3.63, 3.8) is 0 Å². The summed E-state index contributed by atoms with van der Waals surface area (Å²) >= 11 is 0. The van der Waals surface area contributed by atoms with Crippen molar-refractivity contribution in [1.82, 2.24) is 5.32 Å². The minimum atomic E-state index is 0.384. The minimum absolute atomic E-state index is 0.384. The highest BCUT2D eigenvalue weighted by molar-refractivity contribution is 5.37. The quantitative estimate of drug-likeness (QED) is 0.819. The summed E-state index contributed by atoms with van der Waals surface area (Å²) in [5, 5.41) is 3.48. The Morgan fingerprint density at radius 2 is 1.87 bits per heavy atom. The van der Waals surface area contributed by atoms with Gasteiger partial charge in [-0.25, -0.2) is 0 Å². The molecular weight excluding hydrogens is 186 g/mol. The van der Waals surface area contributed by atoms with E-state index in [1.807, 2.05) is 6.07 Å². The van der Waals surface area contributed by atoms with E-state index in [9.17, 15) is 0 Å². The first kappa shape index (κ1) is 12.1. The van der Waals surface area contributed by atoms with E-state index in [0.717, 1.165) is 5.75 Å². The lowest BCUT2D eigenvalue weighted by Gasteiger charge is -2.18. The first-order valence-corrected chi connectivity index (χ1v) is 5.45. The molecule has 2 heteroatoms. The highest BCUT2D eigenvalue weighted by Crippen LogP contribution is 2.22. The van der Waals surface area contributed by atoms with Crippen LogP contribution in [0.25, 0.3) is 0 Å². The summed E-state index contributed by atoms with van der Waals surface area (Å²) in [6.07, 6.45) is 0. The van der Waals surface area contributed by atoms with Crippen LogP contribution < -0.4 is 10.1 Å². The number of aryl methyl sites for hydroxylation is 1. The molecule has 0 heterocycles. The molecule has 1 rings (SSSR count). The Hall–Kier alpha value is -1.02. The average Bonchev–Trinajstić information content (AvgIpc) is 2.16. The van der Waals surface area contributed by atoms with Gasteiger partial charge in [0.1, 0.15) is 5.75 Å². The molecule has 0 saturated carbocycles. The fourth-order valence-electron chi connectivity index (χ4n) is 1.77. The van der Waals surface area contributed by atoms with Gasteiger partial charge in [-0.1, -0.05) is 26.0 Å². The van der Waals surface area contributed by atoms with Gasteiger partial charge in [-0.05, 0) is 31.0 Å². The van der Waals surface area contributed by atoms with Gasteiger partial charge in [-0.15, -0.1) is 0 Å². The van der Waals surface area contributed by atoms with Crippen LogP contribution in [-0.2, 0) is 0 Å². The Labute approximate surface area is 92.6 Å². The fraction of sp³-hybridized carbons (Fsp3) is 0.538. The molecule has 1 N–H and O–H groups in total. The van der Waals surface area contributed by atoms with E-state index in [1.54, 1.807) is 7.11 Å². The predicted octanol–water partition coefficient (Wildman–Crippen LogP) is 3.06. The molecule has 0 spiro atoms. The van der Waals surface area contributed by atoms with Crippen LogP contribution in [0.3, 0.4) is 0 Å². The molecule has 0 radical (unpaired) electrons. The smallest absolute Gasteiger partial charge is 0.121 e. The van der Waals surface area contributed by atoms with Crippen LogP contribution in [0.5, 0.6) is 5.75 Å². The zero-order valence-corrected chi connectivity index (χ0v) is 10.3. The van der Waals surface area contributed by atoms with E-state index >= 15 is 0 Å². The summed E-state index contributed by atoms with van der Waals surface area (Å²) < 4.78 is 5.24. The van der Waals surface area contributed by atoms with Crippen molar-refractivity contribution in [3.8, 4) is 5.75 Å². The number of hydrogen-bond donors (Lipinski definition) is 1. The standard InChI is InChI=1S/C13H21NO/c1-9(2)14-11(4)12-6-7-13(15-5)10(3)8-12/h6-9,11,14H,1-5H3. The van der Waals surface area contributed by atoms with Gasteiger partial charge in [0.15, 0.2) is 0 Å². The highest BCUT2D eigenvalue weighted by atomic mass is 16.5. The SMILES string of the molecule is COc1ccc(C(C)NC(C)C)cc1C. The van der Waals surface area contributed by atoms with Crippen molar-refractivity contribution in [2.24, 2.45) is 0 Å². The van der Waals surface area contributed by atoms with Gasteiger partial charge in [0.2, 0.25) is 0 Å². The molecule has 0 aliphatic rings. The molecule has 0 aliphatic carbocycles. The minimum Gasteiger partial charge on any atom is -0.496 e. The Kier molecular flexibility index (Phi) is 4.15. The zero-order chi connectivity index (χ0) is 11.4. The Morgan fingerprint density at radius 1 is 1.20 bits per heavy atom. The van der Waals surface area contributed by atoms with Crippen LogP contribution in [0.1, 0.15) is 37.9 Å². The molecule has 0 aliphatic heterocycles. The van der Waals surface area contributed by atoms with Gasteiger partial charge < -0.3 is 10.1 Å². The Balaban J connectivity index is 2.82. The third-order valence-corrected chi connectivity index (χ3v) is 2.50. The third-order valence-electron chi connectivity index (χ3n) is 2.50. The lowest BCUT2D eigenvalue weighted by atomic mass is 10.0. The molecule has 15 heavy (non-hydrogen) atoms. The molecule has 1 atom stereocenters. The predicted molar refractivity (Wildman–Crippen MR) is 64.4 cm³/mol. The fourth-order valence-corrected chi connectivity index (χ4v) is 1.77. The van der Waals surface area contributed by atoms with Crippen molar-refractivity contribution in [1.29, 1.82) is 0 Å². The molecule has 2 nitrogen and oxygen atoms in total. The molecule has 1 aromatic rings. The van der Waals surface area contributed by atoms with E-state index in [2.05, 4.69) is 45.1 Å². The monoisotopic (exact) mass is 207 g/mol. The Morgan fingerprint density at radius 3 is 2.33 bits per heavy atom. The highest BCUT2D eigenvalue weighted by Gasteiger charge is 2.08. The summed E-state index contributed by atoms with van der Waals surface area (Å²) in [5.41, 5.74) is 2.49. The summed E-state index contributed by atoms with van der Waals surface area (Å²) in [5.74, 6) is 0.954. The number of hydrogen-bond acceptors (Lipinski definition) is 2. The number of benzene rings is 1. The third kappa shape index (κ3) is 3.24. The van der Waals surface area contributed by atoms with E-state index < -0.39 is 0 Å². The van der Waals surface area contributed by atoms with Gasteiger partial charge in [-0.2, -0.15) is 0 Å². The summed E-state index contributed by atoms with van der Waals surface area (Å²) in [7, 11) is 1.71. The summed E-state index contributed by atoms with van der Waals surface area (Å²) in [6, 6.07) is 7.21. The van der Waals surface area contributed by atoms with Crippen LogP contribution in [0.4, 0.5) is 0 Å². The van der Waals surface area contributed by atoms with E-state index in [-0.39, 0.29) is 0 Å². The molecule has 84 valence electrons. The van der Waals surface area contributed by atoms with E-state index in [1.165, 1.54) is 11.1 Å². The Bertz CT molecular complexity index is 320. The van der Waals surface area contributed by atoms with Gasteiger partial charge in [0.25, 0.3) is 0 Å². The van der Waals surface area contributed by atoms with Gasteiger partial charge >= 0.3 is 0 Å². The topological polar surface area (TPSA) is 21.3 Å². The van der Waals surface area contributed by atoms with E-state index in [0.29, 0.717) is 12.1 Å². The lowest BCUT2D eigenvalue weighted by molar-refractivity contribution is 0.411. The van der Waals surface area contributed by atoms with Crippen molar-refractivity contribution < 1.29 is 4.74 Å². The number of nitrogens with one attached hydrogen (secondary N) is 1. The molecule has 0 bridgehead atoms. The molecule has 0 saturated heterocycles. The lowest BCUT2D eigenvalue weighted by Crippen LogP contribution is -2.26. The first-order chi connectivity index (χ1) is 7.04. The molecule has 0 amide bonds. The summed E-state index contributed by atoms with van der Waals surface area (Å²) in [4.78, 5) is 0. The van der Waals surface area contributed by atoms with Crippen molar-refractivity contribution in [3.05, 3.63) is 29.3 Å². The average molecular weight is 207 g/mol. The van der Waals surface area contributed by atoms with Crippen LogP contribution in [0.2, 0.25) is 0 Å². The van der Waals surface area contributed by atoms with Crippen LogP contribution in [-0.4, -0.2) is 13.2 Å². The maximum Gasteiger partial charge on any atom is 0.121 e. The molecule has 0 fully saturated rings. The van der Waals surface area contributed by atoms with Crippen LogP contribution in [0, 0.1) is 6.92 Å². The first-order valence-electron chi connectivity index (χ1n) is 5.45. The van der Waals surface area contributed by atoms with Gasteiger partial charge in [0, 0.05) is 12.1 Å². The van der Waals surface area contributed by atoms with E-state index in [4.69, 9.17) is 4.74 Å². The van der Waals surface area contributed by atoms with Crippen LogP contribution >= 0.6 is 0 Å². The molecule has 1 unspecified atom stereocenters. The second-order valence-electron chi connectivity index (χ2n) is 4.27. The second kappa shape index (κ2) is 5.17. The molecular formula is C13H21NO. The van der Waals surface area contributed by atoms with Crippen molar-refractivity contribution in [2.45, 2.75) is 39.8 Å².